The number of carbonyl (C=O) groups is 1. The van der Waals surface area contributed by atoms with Crippen LogP contribution in [0.1, 0.15) is 42.6 Å². The second-order valence-electron chi connectivity index (χ2n) is 8.46. The molecule has 5 nitrogen and oxygen atoms in total. The van der Waals surface area contributed by atoms with Crippen molar-refractivity contribution in [2.75, 3.05) is 24.5 Å². The molecule has 1 amide bonds. The first-order valence-corrected chi connectivity index (χ1v) is 10.6. The summed E-state index contributed by atoms with van der Waals surface area (Å²) in [6.07, 6.45) is 4.63. The molecule has 0 bridgehead atoms. The van der Waals surface area contributed by atoms with Crippen molar-refractivity contribution >= 4 is 11.9 Å². The lowest BCUT2D eigenvalue weighted by molar-refractivity contribution is -0.133. The molecule has 154 valence electrons. The van der Waals surface area contributed by atoms with E-state index in [4.69, 9.17) is 0 Å². The second-order valence-corrected chi connectivity index (χ2v) is 8.46. The first kappa shape index (κ1) is 19.8. The van der Waals surface area contributed by atoms with Crippen molar-refractivity contribution in [3.05, 3.63) is 53.1 Å². The summed E-state index contributed by atoms with van der Waals surface area (Å²) < 4.78 is 13.2. The summed E-state index contributed by atoms with van der Waals surface area (Å²) in [6.45, 7) is 6.56. The lowest BCUT2D eigenvalue weighted by Crippen LogP contribution is -2.49. The van der Waals surface area contributed by atoms with E-state index in [1.54, 1.807) is 12.1 Å². The smallest absolute Gasteiger partial charge is 0.227 e. The molecule has 0 N–H and O–H groups in total. The molecule has 0 unspecified atom stereocenters. The lowest BCUT2D eigenvalue weighted by atomic mass is 10.0. The number of amides is 1. The number of anilines is 1. The Morgan fingerprint density at radius 2 is 1.69 bits per heavy atom. The van der Waals surface area contributed by atoms with Gasteiger partial charge in [-0.15, -0.1) is 0 Å². The standard InChI is InChI=1S/C23H29FN4O/c1-16-13-17(2)26-23(25-16)27-11-9-21(10-12-27)28(15-19-3-4-19)22(29)14-18-5-7-20(24)8-6-18/h5-8,13,19,21H,3-4,9-12,14-15H2,1-2H3. The van der Waals surface area contributed by atoms with Crippen molar-refractivity contribution in [3.8, 4) is 0 Å². The van der Waals surface area contributed by atoms with Gasteiger partial charge in [-0.2, -0.15) is 0 Å². The van der Waals surface area contributed by atoms with Crippen LogP contribution < -0.4 is 4.90 Å². The molecule has 0 atom stereocenters. The maximum Gasteiger partial charge on any atom is 0.227 e. The molecule has 1 saturated heterocycles. The number of piperidine rings is 1. The summed E-state index contributed by atoms with van der Waals surface area (Å²) >= 11 is 0. The fourth-order valence-electron chi connectivity index (χ4n) is 4.14. The van der Waals surface area contributed by atoms with E-state index in [2.05, 4.69) is 19.8 Å². The van der Waals surface area contributed by atoms with Gasteiger partial charge in [-0.1, -0.05) is 12.1 Å². The molecule has 2 aromatic rings. The van der Waals surface area contributed by atoms with Crippen molar-refractivity contribution < 1.29 is 9.18 Å². The van der Waals surface area contributed by atoms with E-state index in [1.807, 2.05) is 19.9 Å². The maximum atomic E-state index is 13.2. The van der Waals surface area contributed by atoms with Crippen molar-refractivity contribution in [1.29, 1.82) is 0 Å². The number of hydrogen-bond donors (Lipinski definition) is 0. The first-order valence-electron chi connectivity index (χ1n) is 10.6. The zero-order valence-electron chi connectivity index (χ0n) is 17.3. The first-order chi connectivity index (χ1) is 14.0. The summed E-state index contributed by atoms with van der Waals surface area (Å²) in [5.41, 5.74) is 2.84. The van der Waals surface area contributed by atoms with Gasteiger partial charge in [0.2, 0.25) is 11.9 Å². The zero-order chi connectivity index (χ0) is 20.4. The third kappa shape index (κ3) is 5.11. The van der Waals surface area contributed by atoms with E-state index in [-0.39, 0.29) is 17.8 Å². The number of carbonyl (C=O) groups excluding carboxylic acids is 1. The van der Waals surface area contributed by atoms with Crippen LogP contribution in [0.15, 0.2) is 30.3 Å². The quantitative estimate of drug-likeness (QED) is 0.747. The van der Waals surface area contributed by atoms with Crippen LogP contribution >= 0.6 is 0 Å². The molecule has 1 aliphatic carbocycles. The summed E-state index contributed by atoms with van der Waals surface area (Å²) in [6, 6.07) is 8.52. The molecular weight excluding hydrogens is 367 g/mol. The average Bonchev–Trinajstić information content (AvgIpc) is 3.51. The molecule has 1 aromatic carbocycles. The summed E-state index contributed by atoms with van der Waals surface area (Å²) in [5, 5.41) is 0. The van der Waals surface area contributed by atoms with E-state index in [0.29, 0.717) is 12.3 Å². The Kier molecular flexibility index (Phi) is 5.79. The minimum atomic E-state index is -0.267. The van der Waals surface area contributed by atoms with Crippen LogP contribution in [0.25, 0.3) is 0 Å². The fourth-order valence-corrected chi connectivity index (χ4v) is 4.14. The van der Waals surface area contributed by atoms with Gasteiger partial charge in [-0.25, -0.2) is 14.4 Å². The normalized spacial score (nSPS) is 17.4. The van der Waals surface area contributed by atoms with Crippen LogP contribution in [0.3, 0.4) is 0 Å². The van der Waals surface area contributed by atoms with Crippen LogP contribution in [0.2, 0.25) is 0 Å². The Hall–Kier alpha value is -2.50. The van der Waals surface area contributed by atoms with Gasteiger partial charge in [0.05, 0.1) is 6.42 Å². The van der Waals surface area contributed by atoms with Gasteiger partial charge in [-0.05, 0) is 69.2 Å². The summed E-state index contributed by atoms with van der Waals surface area (Å²) in [5.74, 6) is 1.34. The van der Waals surface area contributed by atoms with Crippen LogP contribution in [0, 0.1) is 25.6 Å². The Morgan fingerprint density at radius 3 is 2.28 bits per heavy atom. The number of aromatic nitrogens is 2. The minimum absolute atomic E-state index is 0.157. The average molecular weight is 397 g/mol. The minimum Gasteiger partial charge on any atom is -0.341 e. The molecule has 1 aliphatic heterocycles. The zero-order valence-corrected chi connectivity index (χ0v) is 17.3. The van der Waals surface area contributed by atoms with Crippen molar-refractivity contribution in [1.82, 2.24) is 14.9 Å². The van der Waals surface area contributed by atoms with Crippen LogP contribution in [-0.4, -0.2) is 46.5 Å². The van der Waals surface area contributed by atoms with Gasteiger partial charge in [0.15, 0.2) is 0 Å². The van der Waals surface area contributed by atoms with Gasteiger partial charge in [0.1, 0.15) is 5.82 Å². The topological polar surface area (TPSA) is 49.3 Å². The Balaban J connectivity index is 1.41. The number of halogens is 1. The number of nitrogens with zero attached hydrogens (tertiary/aromatic N) is 4. The van der Waals surface area contributed by atoms with Gasteiger partial charge in [0.25, 0.3) is 0 Å². The highest BCUT2D eigenvalue weighted by Gasteiger charge is 2.33. The van der Waals surface area contributed by atoms with Crippen molar-refractivity contribution in [2.45, 2.75) is 52.0 Å². The fraction of sp³-hybridized carbons (Fsp3) is 0.522. The number of hydrogen-bond acceptors (Lipinski definition) is 4. The van der Waals surface area contributed by atoms with E-state index >= 15 is 0 Å². The summed E-state index contributed by atoms with van der Waals surface area (Å²) in [4.78, 5) is 26.6. The highest BCUT2D eigenvalue weighted by molar-refractivity contribution is 5.79. The summed E-state index contributed by atoms with van der Waals surface area (Å²) in [7, 11) is 0. The molecule has 2 aliphatic rings. The molecule has 0 radical (unpaired) electrons. The Morgan fingerprint density at radius 1 is 1.07 bits per heavy atom. The second kappa shape index (κ2) is 8.47. The van der Waals surface area contributed by atoms with Gasteiger partial charge < -0.3 is 9.80 Å². The molecular formula is C23H29FN4O. The monoisotopic (exact) mass is 396 g/mol. The number of rotatable bonds is 6. The molecule has 2 fully saturated rings. The number of benzene rings is 1. The van der Waals surface area contributed by atoms with Crippen LogP contribution in [-0.2, 0) is 11.2 Å². The van der Waals surface area contributed by atoms with E-state index in [9.17, 15) is 9.18 Å². The van der Waals surface area contributed by atoms with Gasteiger partial charge in [0, 0.05) is 37.1 Å². The van der Waals surface area contributed by atoms with E-state index in [1.165, 1.54) is 25.0 Å². The lowest BCUT2D eigenvalue weighted by Gasteiger charge is -2.39. The molecule has 1 aromatic heterocycles. The third-order valence-electron chi connectivity index (χ3n) is 5.90. The predicted molar refractivity (Wildman–Crippen MR) is 111 cm³/mol. The molecule has 6 heteroatoms. The Labute approximate surface area is 172 Å². The predicted octanol–water partition coefficient (Wildman–Crippen LogP) is 3.68. The largest absolute Gasteiger partial charge is 0.341 e. The highest BCUT2D eigenvalue weighted by Crippen LogP contribution is 2.32. The van der Waals surface area contributed by atoms with Gasteiger partial charge in [-0.3, -0.25) is 4.79 Å². The number of aryl methyl sites for hydroxylation is 2. The van der Waals surface area contributed by atoms with E-state index < -0.39 is 0 Å². The molecule has 29 heavy (non-hydrogen) atoms. The molecule has 2 heterocycles. The van der Waals surface area contributed by atoms with Crippen molar-refractivity contribution in [3.63, 3.8) is 0 Å². The maximum absolute atomic E-state index is 13.2. The van der Waals surface area contributed by atoms with Crippen molar-refractivity contribution in [2.24, 2.45) is 5.92 Å². The highest BCUT2D eigenvalue weighted by atomic mass is 19.1. The molecule has 0 spiro atoms. The third-order valence-corrected chi connectivity index (χ3v) is 5.90. The van der Waals surface area contributed by atoms with E-state index in [0.717, 1.165) is 55.4 Å². The van der Waals surface area contributed by atoms with Crippen LogP contribution in [0.5, 0.6) is 0 Å². The molecule has 4 rings (SSSR count). The van der Waals surface area contributed by atoms with Crippen LogP contribution in [0.4, 0.5) is 10.3 Å². The SMILES string of the molecule is Cc1cc(C)nc(N2CCC(N(CC3CC3)C(=O)Cc3ccc(F)cc3)CC2)n1. The molecule has 1 saturated carbocycles. The Bertz CT molecular complexity index is 837. The van der Waals surface area contributed by atoms with Gasteiger partial charge >= 0.3 is 0 Å².